The number of thioether (sulfide) groups is 1. The summed E-state index contributed by atoms with van der Waals surface area (Å²) < 4.78 is 1.93. The van der Waals surface area contributed by atoms with Crippen molar-refractivity contribution in [3.8, 4) is 0 Å². The van der Waals surface area contributed by atoms with Crippen LogP contribution in [0.15, 0.2) is 6.20 Å². The smallest absolute Gasteiger partial charge is 0.0694 e. The van der Waals surface area contributed by atoms with Crippen LogP contribution in [0, 0.1) is 0 Å². The summed E-state index contributed by atoms with van der Waals surface area (Å²) in [6.45, 7) is 5.39. The van der Waals surface area contributed by atoms with Crippen LogP contribution in [-0.4, -0.2) is 27.3 Å². The van der Waals surface area contributed by atoms with Crippen molar-refractivity contribution in [2.75, 3.05) is 11.5 Å². The van der Waals surface area contributed by atoms with Crippen LogP contribution in [0.1, 0.15) is 43.9 Å². The van der Waals surface area contributed by atoms with Crippen LogP contribution in [0.3, 0.4) is 0 Å². The average molecular weight is 253 g/mol. The van der Waals surface area contributed by atoms with E-state index in [9.17, 15) is 0 Å². The van der Waals surface area contributed by atoms with Gasteiger partial charge >= 0.3 is 0 Å². The van der Waals surface area contributed by atoms with Gasteiger partial charge in [0, 0.05) is 37.1 Å². The Balaban J connectivity index is 1.93. The molecular weight excluding hydrogens is 230 g/mol. The number of hydrogen-bond acceptors (Lipinski definition) is 3. The van der Waals surface area contributed by atoms with Crippen molar-refractivity contribution in [3.63, 3.8) is 0 Å². The number of nitrogens with zero attached hydrogens (tertiary/aromatic N) is 2. The van der Waals surface area contributed by atoms with E-state index >= 15 is 0 Å². The van der Waals surface area contributed by atoms with Crippen LogP contribution < -0.4 is 5.32 Å². The Hall–Kier alpha value is -0.480. The van der Waals surface area contributed by atoms with Crippen LogP contribution in [-0.2, 0) is 13.6 Å². The molecular formula is C13H23N3S. The summed E-state index contributed by atoms with van der Waals surface area (Å²) in [6.07, 6.45) is 4.83. The zero-order chi connectivity index (χ0) is 12.3. The van der Waals surface area contributed by atoms with Gasteiger partial charge in [0.2, 0.25) is 0 Å². The van der Waals surface area contributed by atoms with Crippen molar-refractivity contribution in [2.45, 2.75) is 45.2 Å². The molecule has 1 unspecified atom stereocenters. The number of rotatable bonds is 4. The Morgan fingerprint density at radius 1 is 1.59 bits per heavy atom. The molecule has 17 heavy (non-hydrogen) atoms. The third-order valence-electron chi connectivity index (χ3n) is 3.23. The molecule has 0 aromatic carbocycles. The Bertz CT molecular complexity index is 354. The van der Waals surface area contributed by atoms with Crippen LogP contribution in [0.25, 0.3) is 0 Å². The summed E-state index contributed by atoms with van der Waals surface area (Å²) in [5.74, 6) is 3.10. The van der Waals surface area contributed by atoms with Crippen LogP contribution in [0.4, 0.5) is 0 Å². The van der Waals surface area contributed by atoms with Gasteiger partial charge in [0.15, 0.2) is 0 Å². The van der Waals surface area contributed by atoms with E-state index < -0.39 is 0 Å². The normalized spacial score (nSPS) is 21.1. The van der Waals surface area contributed by atoms with Crippen molar-refractivity contribution in [1.82, 2.24) is 15.1 Å². The summed E-state index contributed by atoms with van der Waals surface area (Å²) in [5.41, 5.74) is 2.60. The summed E-state index contributed by atoms with van der Waals surface area (Å²) in [6, 6.07) is 0.689. The highest BCUT2D eigenvalue weighted by Gasteiger charge is 2.15. The average Bonchev–Trinajstić information content (AvgIpc) is 2.69. The fourth-order valence-electron chi connectivity index (χ4n) is 2.33. The van der Waals surface area contributed by atoms with Gasteiger partial charge in [0.1, 0.15) is 0 Å². The van der Waals surface area contributed by atoms with Crippen LogP contribution in [0.2, 0.25) is 0 Å². The maximum absolute atomic E-state index is 4.55. The molecule has 0 aliphatic carbocycles. The van der Waals surface area contributed by atoms with Crippen molar-refractivity contribution in [2.24, 2.45) is 7.05 Å². The lowest BCUT2D eigenvalue weighted by Crippen LogP contribution is -2.33. The molecule has 1 aromatic heterocycles. The molecule has 2 rings (SSSR count). The molecule has 0 saturated carbocycles. The van der Waals surface area contributed by atoms with Gasteiger partial charge in [-0.15, -0.1) is 0 Å². The summed E-state index contributed by atoms with van der Waals surface area (Å²) in [5, 5.41) is 8.22. The van der Waals surface area contributed by atoms with E-state index in [-0.39, 0.29) is 0 Å². The zero-order valence-corrected chi connectivity index (χ0v) is 11.9. The molecule has 1 fully saturated rings. The molecule has 1 N–H and O–H groups in total. The molecule has 2 heterocycles. The first-order valence-electron chi connectivity index (χ1n) is 6.50. The molecule has 0 radical (unpaired) electrons. The van der Waals surface area contributed by atoms with Gasteiger partial charge in [-0.1, -0.05) is 13.8 Å². The lowest BCUT2D eigenvalue weighted by molar-refractivity contribution is 0.505. The van der Waals surface area contributed by atoms with Crippen molar-refractivity contribution >= 4 is 11.8 Å². The van der Waals surface area contributed by atoms with Gasteiger partial charge in [-0.3, -0.25) is 4.68 Å². The lowest BCUT2D eigenvalue weighted by atomic mass is 10.1. The molecule has 3 nitrogen and oxygen atoms in total. The molecule has 96 valence electrons. The first-order chi connectivity index (χ1) is 8.16. The minimum absolute atomic E-state index is 0.508. The third kappa shape index (κ3) is 3.49. The lowest BCUT2D eigenvalue weighted by Gasteiger charge is -2.22. The highest BCUT2D eigenvalue weighted by molar-refractivity contribution is 7.99. The van der Waals surface area contributed by atoms with Gasteiger partial charge < -0.3 is 5.32 Å². The molecule has 1 atom stereocenters. The van der Waals surface area contributed by atoms with E-state index in [0.717, 1.165) is 6.54 Å². The van der Waals surface area contributed by atoms with Gasteiger partial charge in [-0.05, 0) is 24.5 Å². The molecule has 0 bridgehead atoms. The predicted molar refractivity (Wildman–Crippen MR) is 74.5 cm³/mol. The number of hydrogen-bond donors (Lipinski definition) is 1. The molecule has 1 saturated heterocycles. The topological polar surface area (TPSA) is 29.9 Å². The standard InChI is InChI=1S/C13H23N3S/c1-10(2)13-11(8-16(3)15-13)7-14-12-5-4-6-17-9-12/h8,10,12,14H,4-7,9H2,1-3H3. The van der Waals surface area contributed by atoms with Gasteiger partial charge in [0.25, 0.3) is 0 Å². The first-order valence-corrected chi connectivity index (χ1v) is 7.66. The Labute approximate surface area is 108 Å². The number of aromatic nitrogens is 2. The van der Waals surface area contributed by atoms with E-state index in [0.29, 0.717) is 12.0 Å². The van der Waals surface area contributed by atoms with Crippen molar-refractivity contribution in [3.05, 3.63) is 17.5 Å². The first kappa shape index (κ1) is 13.0. The van der Waals surface area contributed by atoms with Crippen LogP contribution in [0.5, 0.6) is 0 Å². The van der Waals surface area contributed by atoms with Gasteiger partial charge in [-0.2, -0.15) is 16.9 Å². The maximum atomic E-state index is 4.55. The van der Waals surface area contributed by atoms with Gasteiger partial charge in [-0.25, -0.2) is 0 Å². The zero-order valence-electron chi connectivity index (χ0n) is 11.1. The minimum atomic E-state index is 0.508. The Morgan fingerprint density at radius 3 is 3.06 bits per heavy atom. The minimum Gasteiger partial charge on any atom is -0.309 e. The van der Waals surface area contributed by atoms with Crippen LogP contribution >= 0.6 is 11.8 Å². The largest absolute Gasteiger partial charge is 0.309 e. The summed E-state index contributed by atoms with van der Waals surface area (Å²) >= 11 is 2.07. The Morgan fingerprint density at radius 2 is 2.41 bits per heavy atom. The van der Waals surface area contributed by atoms with Crippen molar-refractivity contribution < 1.29 is 0 Å². The fourth-order valence-corrected chi connectivity index (χ4v) is 3.44. The van der Waals surface area contributed by atoms with Gasteiger partial charge in [0.05, 0.1) is 5.69 Å². The molecule has 4 heteroatoms. The molecule has 1 aliphatic rings. The summed E-state index contributed by atoms with van der Waals surface area (Å²) in [4.78, 5) is 0. The monoisotopic (exact) mass is 253 g/mol. The Kier molecular flexibility index (Phi) is 4.51. The number of aryl methyl sites for hydroxylation is 1. The molecule has 1 aromatic rings. The molecule has 0 amide bonds. The molecule has 1 aliphatic heterocycles. The van der Waals surface area contributed by atoms with E-state index in [1.54, 1.807) is 0 Å². The molecule has 0 spiro atoms. The maximum Gasteiger partial charge on any atom is 0.0694 e. The second-order valence-electron chi connectivity index (χ2n) is 5.16. The second kappa shape index (κ2) is 5.91. The highest BCUT2D eigenvalue weighted by Crippen LogP contribution is 2.20. The van der Waals surface area contributed by atoms with E-state index in [1.807, 2.05) is 11.7 Å². The predicted octanol–water partition coefficient (Wildman–Crippen LogP) is 2.53. The third-order valence-corrected chi connectivity index (χ3v) is 4.44. The fraction of sp³-hybridized carbons (Fsp3) is 0.769. The van der Waals surface area contributed by atoms with Crippen molar-refractivity contribution in [1.29, 1.82) is 0 Å². The van der Waals surface area contributed by atoms with E-state index in [4.69, 9.17) is 0 Å². The number of nitrogens with one attached hydrogen (secondary N) is 1. The highest BCUT2D eigenvalue weighted by atomic mass is 32.2. The van der Waals surface area contributed by atoms with E-state index in [2.05, 4.69) is 42.2 Å². The quantitative estimate of drug-likeness (QED) is 0.894. The SMILES string of the molecule is CC(C)c1nn(C)cc1CNC1CCCSC1. The van der Waals surface area contributed by atoms with E-state index in [1.165, 1.54) is 35.6 Å². The second-order valence-corrected chi connectivity index (χ2v) is 6.31. The summed E-state index contributed by atoms with van der Waals surface area (Å²) in [7, 11) is 2.01.